The number of carbonyl (C=O) groups is 1. The van der Waals surface area contributed by atoms with E-state index in [1.165, 1.54) is 16.9 Å². The number of nitrogens with one attached hydrogen (secondary N) is 2. The summed E-state index contributed by atoms with van der Waals surface area (Å²) in [6.45, 7) is 4.65. The Kier molecular flexibility index (Phi) is 6.50. The van der Waals surface area contributed by atoms with E-state index in [9.17, 15) is 4.79 Å². The van der Waals surface area contributed by atoms with Gasteiger partial charge >= 0.3 is 0 Å². The van der Waals surface area contributed by atoms with Crippen molar-refractivity contribution in [3.8, 4) is 16.3 Å². The zero-order valence-corrected chi connectivity index (χ0v) is 21.3. The van der Waals surface area contributed by atoms with E-state index in [0.29, 0.717) is 11.8 Å². The molecule has 0 spiro atoms. The molecule has 2 aliphatic rings. The van der Waals surface area contributed by atoms with Gasteiger partial charge in [-0.15, -0.1) is 11.3 Å². The van der Waals surface area contributed by atoms with Crippen LogP contribution in [-0.2, 0) is 6.54 Å². The number of nitrogens with zero attached hydrogens (tertiary/aromatic N) is 5. The van der Waals surface area contributed by atoms with E-state index in [1.54, 1.807) is 24.0 Å². The molecule has 1 aliphatic heterocycles. The van der Waals surface area contributed by atoms with Gasteiger partial charge in [0.1, 0.15) is 16.5 Å². The molecule has 0 atom stereocenters. The number of rotatable bonds is 8. The zero-order chi connectivity index (χ0) is 25.2. The van der Waals surface area contributed by atoms with Crippen LogP contribution in [0.15, 0.2) is 54.3 Å². The number of hydrogen-bond donors (Lipinski definition) is 2. The van der Waals surface area contributed by atoms with Crippen LogP contribution >= 0.6 is 11.3 Å². The molecule has 188 valence electrons. The van der Waals surface area contributed by atoms with Crippen LogP contribution in [0.4, 0.5) is 5.69 Å². The Balaban J connectivity index is 1.26. The van der Waals surface area contributed by atoms with E-state index in [1.807, 2.05) is 24.3 Å². The minimum atomic E-state index is -0.238. The maximum atomic E-state index is 13.2. The number of ether oxygens (including phenoxy) is 1. The third kappa shape index (κ3) is 5.30. The van der Waals surface area contributed by atoms with Gasteiger partial charge in [-0.05, 0) is 56.0 Å². The molecule has 3 aromatic heterocycles. The highest BCUT2D eigenvalue weighted by atomic mass is 32.1. The molecule has 4 heterocycles. The lowest BCUT2D eigenvalue weighted by Gasteiger charge is -2.28. The van der Waals surface area contributed by atoms with Crippen LogP contribution in [0.3, 0.4) is 0 Å². The molecule has 1 fully saturated rings. The average Bonchev–Trinajstić information content (AvgIpc) is 3.36. The van der Waals surface area contributed by atoms with Crippen LogP contribution in [0.2, 0.25) is 0 Å². The summed E-state index contributed by atoms with van der Waals surface area (Å²) in [6.07, 6.45) is 10.7. The van der Waals surface area contributed by atoms with Gasteiger partial charge in [0.05, 0.1) is 18.5 Å². The zero-order valence-electron chi connectivity index (χ0n) is 20.5. The predicted octanol–water partition coefficient (Wildman–Crippen LogP) is 4.71. The Labute approximate surface area is 218 Å². The smallest absolute Gasteiger partial charge is 0.275 e. The first kappa shape index (κ1) is 23.5. The van der Waals surface area contributed by atoms with E-state index >= 15 is 0 Å². The SMILES string of the molecule is Cc1c(OC2CC2)ccc(NC(=O)c2csc(-c3ccnnc3)n2)c1C1=CCN(Cc2ccn[nH]2)CC1. The van der Waals surface area contributed by atoms with Crippen molar-refractivity contribution in [3.05, 3.63) is 76.8 Å². The van der Waals surface area contributed by atoms with E-state index in [0.717, 1.165) is 77.7 Å². The second-order valence-electron chi connectivity index (χ2n) is 9.35. The molecule has 1 amide bonds. The maximum Gasteiger partial charge on any atom is 0.275 e. The van der Waals surface area contributed by atoms with Gasteiger partial charge in [0.2, 0.25) is 0 Å². The summed E-state index contributed by atoms with van der Waals surface area (Å²) in [6, 6.07) is 7.76. The van der Waals surface area contributed by atoms with Crippen molar-refractivity contribution in [1.29, 1.82) is 0 Å². The van der Waals surface area contributed by atoms with Crippen molar-refractivity contribution in [2.75, 3.05) is 18.4 Å². The van der Waals surface area contributed by atoms with E-state index in [-0.39, 0.29) is 5.91 Å². The number of H-pyrrole nitrogens is 1. The first-order chi connectivity index (χ1) is 18.1. The van der Waals surface area contributed by atoms with Gasteiger partial charge in [-0.2, -0.15) is 15.3 Å². The highest BCUT2D eigenvalue weighted by Gasteiger charge is 2.26. The number of anilines is 1. The van der Waals surface area contributed by atoms with Gasteiger partial charge in [0.25, 0.3) is 5.91 Å². The van der Waals surface area contributed by atoms with Crippen LogP contribution in [0.5, 0.6) is 5.75 Å². The molecular weight excluding hydrogens is 486 g/mol. The molecule has 1 aromatic carbocycles. The summed E-state index contributed by atoms with van der Waals surface area (Å²) in [4.78, 5) is 20.2. The number of carbonyl (C=O) groups excluding carboxylic acids is 1. The molecule has 37 heavy (non-hydrogen) atoms. The summed E-state index contributed by atoms with van der Waals surface area (Å²) in [5, 5.41) is 20.4. The molecule has 2 N–H and O–H groups in total. The molecular formula is C27H27N7O2S. The molecule has 4 aromatic rings. The lowest BCUT2D eigenvalue weighted by Crippen LogP contribution is -2.28. The number of aromatic nitrogens is 5. The number of benzene rings is 1. The lowest BCUT2D eigenvalue weighted by molar-refractivity contribution is 0.102. The second kappa shape index (κ2) is 10.2. The van der Waals surface area contributed by atoms with Gasteiger partial charge in [0, 0.05) is 59.3 Å². The van der Waals surface area contributed by atoms with Crippen LogP contribution in [0.25, 0.3) is 16.1 Å². The summed E-state index contributed by atoms with van der Waals surface area (Å²) in [5.74, 6) is 0.649. The number of thiazole rings is 1. The second-order valence-corrected chi connectivity index (χ2v) is 10.2. The molecule has 0 radical (unpaired) electrons. The van der Waals surface area contributed by atoms with Crippen molar-refractivity contribution in [3.63, 3.8) is 0 Å². The van der Waals surface area contributed by atoms with Crippen molar-refractivity contribution in [1.82, 2.24) is 30.3 Å². The van der Waals surface area contributed by atoms with Crippen LogP contribution in [0, 0.1) is 6.92 Å². The van der Waals surface area contributed by atoms with Crippen molar-refractivity contribution in [2.45, 2.75) is 38.8 Å². The highest BCUT2D eigenvalue weighted by molar-refractivity contribution is 7.13. The Morgan fingerprint density at radius 1 is 1.22 bits per heavy atom. The standard InChI is InChI=1S/C27H27N7O2S/c1-17-24(36-21-2-3-21)5-4-22(25(17)18-8-12-34(13-9-18)15-20-7-11-29-33-20)31-26(35)23-16-37-27(32-23)19-6-10-28-30-14-19/h4-8,10-11,14,16,21H,2-3,9,12-13,15H2,1H3,(H,29,33)(H,31,35). The molecule has 10 heteroatoms. The Morgan fingerprint density at radius 3 is 2.86 bits per heavy atom. The minimum Gasteiger partial charge on any atom is -0.490 e. The quantitative estimate of drug-likeness (QED) is 0.351. The highest BCUT2D eigenvalue weighted by Crippen LogP contribution is 2.39. The van der Waals surface area contributed by atoms with E-state index < -0.39 is 0 Å². The van der Waals surface area contributed by atoms with Gasteiger partial charge in [-0.1, -0.05) is 6.08 Å². The van der Waals surface area contributed by atoms with Gasteiger partial charge < -0.3 is 10.1 Å². The lowest BCUT2D eigenvalue weighted by atomic mass is 9.93. The topological polar surface area (TPSA) is 109 Å². The normalized spacial score (nSPS) is 15.9. The molecule has 0 saturated heterocycles. The first-order valence-corrected chi connectivity index (χ1v) is 13.3. The number of aromatic amines is 1. The van der Waals surface area contributed by atoms with Gasteiger partial charge in [-0.3, -0.25) is 14.8 Å². The monoisotopic (exact) mass is 513 g/mol. The Morgan fingerprint density at radius 2 is 2.14 bits per heavy atom. The van der Waals surface area contributed by atoms with Crippen molar-refractivity contribution >= 4 is 28.5 Å². The summed E-state index contributed by atoms with van der Waals surface area (Å²) >= 11 is 1.41. The largest absolute Gasteiger partial charge is 0.490 e. The van der Waals surface area contributed by atoms with Gasteiger partial charge in [0.15, 0.2) is 0 Å². The maximum absolute atomic E-state index is 13.2. The average molecular weight is 514 g/mol. The molecule has 9 nitrogen and oxygen atoms in total. The summed E-state index contributed by atoms with van der Waals surface area (Å²) < 4.78 is 6.19. The summed E-state index contributed by atoms with van der Waals surface area (Å²) in [7, 11) is 0. The minimum absolute atomic E-state index is 0.238. The Bertz CT molecular complexity index is 1430. The fourth-order valence-electron chi connectivity index (χ4n) is 4.51. The molecule has 1 aliphatic carbocycles. The molecule has 0 unspecified atom stereocenters. The van der Waals surface area contributed by atoms with E-state index in [2.05, 4.69) is 48.6 Å². The number of hydrogen-bond acceptors (Lipinski definition) is 8. The molecule has 0 bridgehead atoms. The fourth-order valence-corrected chi connectivity index (χ4v) is 5.30. The fraction of sp³-hybridized carbons (Fsp3) is 0.296. The van der Waals surface area contributed by atoms with Crippen LogP contribution < -0.4 is 10.1 Å². The third-order valence-electron chi connectivity index (χ3n) is 6.62. The van der Waals surface area contributed by atoms with Crippen LogP contribution in [-0.4, -0.2) is 55.4 Å². The van der Waals surface area contributed by atoms with Crippen LogP contribution in [0.1, 0.15) is 46.6 Å². The van der Waals surface area contributed by atoms with Crippen molar-refractivity contribution in [2.24, 2.45) is 0 Å². The number of amides is 1. The third-order valence-corrected chi connectivity index (χ3v) is 7.51. The Hall–Kier alpha value is -3.89. The first-order valence-electron chi connectivity index (χ1n) is 12.4. The van der Waals surface area contributed by atoms with Crippen molar-refractivity contribution < 1.29 is 9.53 Å². The predicted molar refractivity (Wildman–Crippen MR) is 142 cm³/mol. The van der Waals surface area contributed by atoms with Gasteiger partial charge in [-0.25, -0.2) is 4.98 Å². The molecule has 1 saturated carbocycles. The summed E-state index contributed by atoms with van der Waals surface area (Å²) in [5.41, 5.74) is 6.41. The molecule has 6 rings (SSSR count). The van der Waals surface area contributed by atoms with E-state index in [4.69, 9.17) is 4.74 Å².